The van der Waals surface area contributed by atoms with Crippen LogP contribution >= 0.6 is 0 Å². The topological polar surface area (TPSA) is 63.2 Å². The summed E-state index contributed by atoms with van der Waals surface area (Å²) in [4.78, 5) is 16.5. The Morgan fingerprint density at radius 1 is 1.21 bits per heavy atom. The van der Waals surface area contributed by atoms with E-state index in [0.717, 1.165) is 29.8 Å². The summed E-state index contributed by atoms with van der Waals surface area (Å²) in [5.41, 5.74) is 2.49. The monoisotopic (exact) mass is 325 g/mol. The van der Waals surface area contributed by atoms with E-state index in [0.29, 0.717) is 18.3 Å². The van der Waals surface area contributed by atoms with Gasteiger partial charge in [-0.05, 0) is 42.7 Å². The molecule has 0 spiro atoms. The quantitative estimate of drug-likeness (QED) is 0.855. The number of nitrogens with zero attached hydrogens (tertiary/aromatic N) is 1. The highest BCUT2D eigenvalue weighted by molar-refractivity contribution is 5.93. The van der Waals surface area contributed by atoms with Crippen molar-refractivity contribution in [1.82, 2.24) is 10.3 Å². The molecule has 1 aliphatic carbocycles. The van der Waals surface area contributed by atoms with Gasteiger partial charge in [0, 0.05) is 24.5 Å². The number of hydrogen-bond donors (Lipinski definition) is 2. The molecule has 5 heteroatoms. The highest BCUT2D eigenvalue weighted by Crippen LogP contribution is 2.18. The first-order valence-electron chi connectivity index (χ1n) is 8.38. The predicted molar refractivity (Wildman–Crippen MR) is 94.3 cm³/mol. The first-order valence-corrected chi connectivity index (χ1v) is 8.38. The van der Waals surface area contributed by atoms with Gasteiger partial charge < -0.3 is 15.4 Å². The second-order valence-electron chi connectivity index (χ2n) is 6.09. The third kappa shape index (κ3) is 4.25. The lowest BCUT2D eigenvalue weighted by molar-refractivity contribution is 0.0933. The number of methoxy groups -OCH3 is 1. The van der Waals surface area contributed by atoms with Gasteiger partial charge >= 0.3 is 0 Å². The molecule has 1 heterocycles. The molecule has 0 aliphatic heterocycles. The molecule has 0 bridgehead atoms. The average Bonchev–Trinajstić information content (AvgIpc) is 3.13. The number of rotatable bonds is 6. The molecule has 1 amide bonds. The normalized spacial score (nSPS) is 14.4. The van der Waals surface area contributed by atoms with Crippen molar-refractivity contribution in [3.8, 4) is 5.75 Å². The molecule has 1 aromatic carbocycles. The lowest BCUT2D eigenvalue weighted by Gasteiger charge is -2.12. The number of hydrogen-bond acceptors (Lipinski definition) is 4. The van der Waals surface area contributed by atoms with Gasteiger partial charge in [-0.2, -0.15) is 0 Å². The summed E-state index contributed by atoms with van der Waals surface area (Å²) in [6, 6.07) is 11.9. The van der Waals surface area contributed by atoms with Crippen LogP contribution in [0.3, 0.4) is 0 Å². The number of carbonyl (C=O) groups excluding carboxylic acids is 1. The fourth-order valence-corrected chi connectivity index (χ4v) is 2.94. The minimum atomic E-state index is -0.0880. The van der Waals surface area contributed by atoms with E-state index in [4.69, 9.17) is 4.74 Å². The Balaban J connectivity index is 1.58. The number of anilines is 1. The van der Waals surface area contributed by atoms with E-state index >= 15 is 0 Å². The zero-order valence-electron chi connectivity index (χ0n) is 13.9. The Hall–Kier alpha value is -2.56. The molecule has 5 nitrogen and oxygen atoms in total. The lowest BCUT2D eigenvalue weighted by atomic mass is 10.2. The van der Waals surface area contributed by atoms with Gasteiger partial charge in [0.15, 0.2) is 0 Å². The number of pyridine rings is 1. The molecule has 3 rings (SSSR count). The summed E-state index contributed by atoms with van der Waals surface area (Å²) >= 11 is 0. The molecular weight excluding hydrogens is 302 g/mol. The standard InChI is InChI=1S/C19H23N3O2/c1-24-17-8-6-14(7-9-17)13-21-16-10-11-20-18(12-16)19(23)22-15-4-2-3-5-15/h6-12,15H,2-5,13H2,1H3,(H,20,21)(H,22,23). The van der Waals surface area contributed by atoms with Crippen molar-refractivity contribution in [3.05, 3.63) is 53.9 Å². The minimum Gasteiger partial charge on any atom is -0.497 e. The van der Waals surface area contributed by atoms with Crippen molar-refractivity contribution in [2.75, 3.05) is 12.4 Å². The van der Waals surface area contributed by atoms with Crippen LogP contribution in [0.25, 0.3) is 0 Å². The lowest BCUT2D eigenvalue weighted by Crippen LogP contribution is -2.33. The molecule has 0 atom stereocenters. The van der Waals surface area contributed by atoms with Gasteiger partial charge in [-0.15, -0.1) is 0 Å². The molecule has 1 saturated carbocycles. The van der Waals surface area contributed by atoms with Gasteiger partial charge in [0.2, 0.25) is 0 Å². The van der Waals surface area contributed by atoms with Crippen molar-refractivity contribution in [2.45, 2.75) is 38.3 Å². The molecule has 1 aromatic heterocycles. The minimum absolute atomic E-state index is 0.0880. The zero-order chi connectivity index (χ0) is 16.8. The summed E-state index contributed by atoms with van der Waals surface area (Å²) in [6.45, 7) is 0.678. The zero-order valence-corrected chi connectivity index (χ0v) is 13.9. The Labute approximate surface area is 142 Å². The summed E-state index contributed by atoms with van der Waals surface area (Å²) in [5.74, 6) is 0.753. The van der Waals surface area contributed by atoms with Crippen LogP contribution < -0.4 is 15.4 Å². The fourth-order valence-electron chi connectivity index (χ4n) is 2.94. The smallest absolute Gasteiger partial charge is 0.270 e. The molecular formula is C19H23N3O2. The maximum atomic E-state index is 12.3. The second kappa shape index (κ2) is 7.81. The second-order valence-corrected chi connectivity index (χ2v) is 6.09. The number of ether oxygens (including phenoxy) is 1. The Morgan fingerprint density at radius 3 is 2.67 bits per heavy atom. The third-order valence-electron chi connectivity index (χ3n) is 4.34. The van der Waals surface area contributed by atoms with Crippen LogP contribution in [0.5, 0.6) is 5.75 Å². The molecule has 126 valence electrons. The molecule has 1 aliphatic rings. The average molecular weight is 325 g/mol. The third-order valence-corrected chi connectivity index (χ3v) is 4.34. The summed E-state index contributed by atoms with van der Waals surface area (Å²) in [5, 5.41) is 6.39. The molecule has 2 aromatic rings. The van der Waals surface area contributed by atoms with Crippen LogP contribution in [0, 0.1) is 0 Å². The van der Waals surface area contributed by atoms with Crippen molar-refractivity contribution in [1.29, 1.82) is 0 Å². The van der Waals surface area contributed by atoms with Gasteiger partial charge in [0.25, 0.3) is 5.91 Å². The fraction of sp³-hybridized carbons (Fsp3) is 0.368. The van der Waals surface area contributed by atoms with Crippen molar-refractivity contribution in [2.24, 2.45) is 0 Å². The number of carbonyl (C=O) groups is 1. The maximum Gasteiger partial charge on any atom is 0.270 e. The summed E-state index contributed by atoms with van der Waals surface area (Å²) < 4.78 is 5.16. The maximum absolute atomic E-state index is 12.3. The number of amides is 1. The van der Waals surface area contributed by atoms with E-state index < -0.39 is 0 Å². The summed E-state index contributed by atoms with van der Waals surface area (Å²) in [6.07, 6.45) is 6.20. The van der Waals surface area contributed by atoms with E-state index in [1.54, 1.807) is 19.4 Å². The largest absolute Gasteiger partial charge is 0.497 e. The van der Waals surface area contributed by atoms with Crippen molar-refractivity contribution in [3.63, 3.8) is 0 Å². The molecule has 1 fully saturated rings. The Morgan fingerprint density at radius 2 is 1.96 bits per heavy atom. The number of benzene rings is 1. The van der Waals surface area contributed by atoms with Crippen LogP contribution in [0.15, 0.2) is 42.6 Å². The summed E-state index contributed by atoms with van der Waals surface area (Å²) in [7, 11) is 1.66. The molecule has 24 heavy (non-hydrogen) atoms. The highest BCUT2D eigenvalue weighted by Gasteiger charge is 2.18. The van der Waals surface area contributed by atoms with Gasteiger partial charge in [-0.25, -0.2) is 0 Å². The van der Waals surface area contributed by atoms with E-state index in [1.165, 1.54) is 12.8 Å². The Kier molecular flexibility index (Phi) is 5.31. The van der Waals surface area contributed by atoms with E-state index in [-0.39, 0.29) is 5.91 Å². The van der Waals surface area contributed by atoms with E-state index in [1.807, 2.05) is 30.3 Å². The van der Waals surface area contributed by atoms with Crippen LogP contribution in [-0.2, 0) is 6.54 Å². The van der Waals surface area contributed by atoms with Crippen LogP contribution in [0.2, 0.25) is 0 Å². The molecule has 0 unspecified atom stereocenters. The molecule has 0 saturated heterocycles. The first-order chi connectivity index (χ1) is 11.7. The molecule has 0 radical (unpaired) electrons. The van der Waals surface area contributed by atoms with E-state index in [2.05, 4.69) is 15.6 Å². The van der Waals surface area contributed by atoms with Gasteiger partial charge in [0.05, 0.1) is 7.11 Å². The molecule has 2 N–H and O–H groups in total. The van der Waals surface area contributed by atoms with E-state index in [9.17, 15) is 4.79 Å². The SMILES string of the molecule is COc1ccc(CNc2ccnc(C(=O)NC3CCCC3)c2)cc1. The van der Waals surface area contributed by atoms with Crippen LogP contribution in [-0.4, -0.2) is 24.0 Å². The predicted octanol–water partition coefficient (Wildman–Crippen LogP) is 3.37. The van der Waals surface area contributed by atoms with Crippen LogP contribution in [0.1, 0.15) is 41.7 Å². The van der Waals surface area contributed by atoms with Crippen LogP contribution in [0.4, 0.5) is 5.69 Å². The van der Waals surface area contributed by atoms with Gasteiger partial charge in [0.1, 0.15) is 11.4 Å². The van der Waals surface area contributed by atoms with Gasteiger partial charge in [-0.3, -0.25) is 9.78 Å². The van der Waals surface area contributed by atoms with Crippen molar-refractivity contribution >= 4 is 11.6 Å². The first kappa shape index (κ1) is 16.3. The highest BCUT2D eigenvalue weighted by atomic mass is 16.5. The number of nitrogens with one attached hydrogen (secondary N) is 2. The van der Waals surface area contributed by atoms with Gasteiger partial charge in [-0.1, -0.05) is 25.0 Å². The number of aromatic nitrogens is 1. The van der Waals surface area contributed by atoms with Crippen molar-refractivity contribution < 1.29 is 9.53 Å². The Bertz CT molecular complexity index is 679.